The Hall–Kier alpha value is -3.47. The normalized spacial score (nSPS) is 12.9. The first-order chi connectivity index (χ1) is 13.3. The monoisotopic (exact) mass is 354 g/mol. The number of benzene rings is 1. The lowest BCUT2D eigenvalue weighted by molar-refractivity contribution is 0.323. The van der Waals surface area contributed by atoms with E-state index in [1.54, 1.807) is 0 Å². The van der Waals surface area contributed by atoms with Gasteiger partial charge in [-0.3, -0.25) is 9.97 Å². The third-order valence-corrected chi connectivity index (χ3v) is 4.72. The van der Waals surface area contributed by atoms with E-state index in [9.17, 15) is 0 Å². The number of aryl methyl sites for hydroxylation is 1. The Kier molecular flexibility index (Phi) is 3.71. The van der Waals surface area contributed by atoms with E-state index in [1.165, 1.54) is 0 Å². The Labute approximate surface area is 157 Å². The van der Waals surface area contributed by atoms with Gasteiger partial charge in [-0.1, -0.05) is 30.3 Å². The van der Waals surface area contributed by atoms with E-state index in [4.69, 9.17) is 9.72 Å². The SMILES string of the molecule is Cc1cccc(-c2cc(-c3cncc4ccccc34)c3c(n2)NCCO3)n1. The number of rotatable bonds is 2. The van der Waals surface area contributed by atoms with Crippen LogP contribution in [0.3, 0.4) is 0 Å². The van der Waals surface area contributed by atoms with Crippen LogP contribution in [0.25, 0.3) is 33.3 Å². The Bertz CT molecular complexity index is 1150. The lowest BCUT2D eigenvalue weighted by atomic mass is 9.99. The van der Waals surface area contributed by atoms with E-state index in [0.717, 1.165) is 57.1 Å². The molecular formula is C22H18N4O. The highest BCUT2D eigenvalue weighted by atomic mass is 16.5. The average molecular weight is 354 g/mol. The number of ether oxygens (including phenoxy) is 1. The highest BCUT2D eigenvalue weighted by Gasteiger charge is 2.21. The minimum absolute atomic E-state index is 0.613. The van der Waals surface area contributed by atoms with E-state index >= 15 is 0 Å². The quantitative estimate of drug-likeness (QED) is 0.575. The van der Waals surface area contributed by atoms with Crippen LogP contribution in [0.1, 0.15) is 5.69 Å². The van der Waals surface area contributed by atoms with Gasteiger partial charge in [0.25, 0.3) is 0 Å². The second-order valence-corrected chi connectivity index (χ2v) is 6.58. The van der Waals surface area contributed by atoms with Gasteiger partial charge in [-0.15, -0.1) is 0 Å². The van der Waals surface area contributed by atoms with Gasteiger partial charge in [0.05, 0.1) is 17.9 Å². The molecule has 0 saturated heterocycles. The lowest BCUT2D eigenvalue weighted by Crippen LogP contribution is -2.20. The standard InChI is InChI=1S/C22H18N4O/c1-14-5-4-8-19(25-14)20-11-17(21-22(26-20)24-9-10-27-21)18-13-23-12-15-6-2-3-7-16(15)18/h2-8,11-13H,9-10H2,1H3,(H,24,26). The van der Waals surface area contributed by atoms with Crippen LogP contribution < -0.4 is 10.1 Å². The Morgan fingerprint density at radius 3 is 2.78 bits per heavy atom. The first-order valence-electron chi connectivity index (χ1n) is 8.98. The van der Waals surface area contributed by atoms with E-state index < -0.39 is 0 Å². The largest absolute Gasteiger partial charge is 0.487 e. The first kappa shape index (κ1) is 15.8. The molecule has 5 nitrogen and oxygen atoms in total. The summed E-state index contributed by atoms with van der Waals surface area (Å²) in [5.41, 5.74) is 4.64. The van der Waals surface area contributed by atoms with Gasteiger partial charge in [0.2, 0.25) is 0 Å². The number of fused-ring (bicyclic) bond motifs is 2. The van der Waals surface area contributed by atoms with Gasteiger partial charge in [-0.2, -0.15) is 0 Å². The van der Waals surface area contributed by atoms with Gasteiger partial charge >= 0.3 is 0 Å². The van der Waals surface area contributed by atoms with Gasteiger partial charge < -0.3 is 10.1 Å². The highest BCUT2D eigenvalue weighted by Crippen LogP contribution is 2.41. The Morgan fingerprint density at radius 2 is 1.85 bits per heavy atom. The molecular weight excluding hydrogens is 336 g/mol. The zero-order chi connectivity index (χ0) is 18.2. The molecule has 4 aromatic rings. The molecule has 0 spiro atoms. The molecule has 0 unspecified atom stereocenters. The van der Waals surface area contributed by atoms with Gasteiger partial charge in [0, 0.05) is 34.6 Å². The van der Waals surface area contributed by atoms with Crippen molar-refractivity contribution in [3.8, 4) is 28.3 Å². The fraction of sp³-hybridized carbons (Fsp3) is 0.136. The average Bonchev–Trinajstić information content (AvgIpc) is 2.72. The molecule has 132 valence electrons. The van der Waals surface area contributed by atoms with Crippen LogP contribution in [0.4, 0.5) is 5.82 Å². The second-order valence-electron chi connectivity index (χ2n) is 6.58. The van der Waals surface area contributed by atoms with Crippen LogP contribution >= 0.6 is 0 Å². The van der Waals surface area contributed by atoms with Crippen molar-refractivity contribution in [1.82, 2.24) is 15.0 Å². The molecule has 1 N–H and O–H groups in total. The number of hydrogen-bond donors (Lipinski definition) is 1. The third-order valence-electron chi connectivity index (χ3n) is 4.72. The topological polar surface area (TPSA) is 59.9 Å². The summed E-state index contributed by atoms with van der Waals surface area (Å²) < 4.78 is 6.00. The molecule has 5 heteroatoms. The lowest BCUT2D eigenvalue weighted by Gasteiger charge is -2.22. The molecule has 0 radical (unpaired) electrons. The van der Waals surface area contributed by atoms with Gasteiger partial charge in [-0.05, 0) is 30.5 Å². The molecule has 0 atom stereocenters. The summed E-state index contributed by atoms with van der Waals surface area (Å²) in [6, 6.07) is 16.3. The van der Waals surface area contributed by atoms with Crippen molar-refractivity contribution in [2.75, 3.05) is 18.5 Å². The molecule has 1 aromatic carbocycles. The number of aromatic nitrogens is 3. The summed E-state index contributed by atoms with van der Waals surface area (Å²) in [6.45, 7) is 3.33. The van der Waals surface area contributed by atoms with Crippen LogP contribution in [0.5, 0.6) is 5.75 Å². The molecule has 0 bridgehead atoms. The van der Waals surface area contributed by atoms with E-state index in [0.29, 0.717) is 6.61 Å². The molecule has 0 saturated carbocycles. The van der Waals surface area contributed by atoms with Crippen molar-refractivity contribution >= 4 is 16.6 Å². The molecule has 27 heavy (non-hydrogen) atoms. The Balaban J connectivity index is 1.79. The first-order valence-corrected chi connectivity index (χ1v) is 8.98. The molecule has 4 heterocycles. The molecule has 0 aliphatic carbocycles. The number of hydrogen-bond acceptors (Lipinski definition) is 5. The summed E-state index contributed by atoms with van der Waals surface area (Å²) in [5.74, 6) is 1.53. The van der Waals surface area contributed by atoms with Crippen LogP contribution in [0.2, 0.25) is 0 Å². The smallest absolute Gasteiger partial charge is 0.170 e. The van der Waals surface area contributed by atoms with Crippen LogP contribution in [-0.4, -0.2) is 28.1 Å². The summed E-state index contributed by atoms with van der Waals surface area (Å²) in [6.07, 6.45) is 3.78. The Morgan fingerprint density at radius 1 is 0.926 bits per heavy atom. The van der Waals surface area contributed by atoms with Gasteiger partial charge in [0.15, 0.2) is 11.6 Å². The van der Waals surface area contributed by atoms with E-state index in [-0.39, 0.29) is 0 Å². The van der Waals surface area contributed by atoms with Crippen molar-refractivity contribution in [1.29, 1.82) is 0 Å². The number of anilines is 1. The predicted octanol–water partition coefficient (Wildman–Crippen LogP) is 4.47. The van der Waals surface area contributed by atoms with Crippen molar-refractivity contribution in [2.45, 2.75) is 6.92 Å². The molecule has 5 rings (SSSR count). The van der Waals surface area contributed by atoms with E-state index in [2.05, 4.69) is 33.5 Å². The zero-order valence-electron chi connectivity index (χ0n) is 14.9. The van der Waals surface area contributed by atoms with Crippen molar-refractivity contribution in [3.05, 3.63) is 66.6 Å². The summed E-state index contributed by atoms with van der Waals surface area (Å²) in [5, 5.41) is 5.60. The third kappa shape index (κ3) is 2.77. The number of pyridine rings is 3. The number of nitrogens with one attached hydrogen (secondary N) is 1. The fourth-order valence-corrected chi connectivity index (χ4v) is 3.47. The summed E-state index contributed by atoms with van der Waals surface area (Å²) in [7, 11) is 0. The van der Waals surface area contributed by atoms with Gasteiger partial charge in [-0.25, -0.2) is 4.98 Å². The van der Waals surface area contributed by atoms with Gasteiger partial charge in [0.1, 0.15) is 6.61 Å². The van der Waals surface area contributed by atoms with Crippen molar-refractivity contribution < 1.29 is 4.74 Å². The maximum absolute atomic E-state index is 6.00. The maximum Gasteiger partial charge on any atom is 0.170 e. The summed E-state index contributed by atoms with van der Waals surface area (Å²) >= 11 is 0. The van der Waals surface area contributed by atoms with Crippen molar-refractivity contribution in [2.24, 2.45) is 0 Å². The van der Waals surface area contributed by atoms with Crippen molar-refractivity contribution in [3.63, 3.8) is 0 Å². The van der Waals surface area contributed by atoms with E-state index in [1.807, 2.05) is 49.6 Å². The molecule has 1 aliphatic rings. The summed E-state index contributed by atoms with van der Waals surface area (Å²) in [4.78, 5) is 13.9. The second kappa shape index (κ2) is 6.36. The molecule has 1 aliphatic heterocycles. The molecule has 0 amide bonds. The maximum atomic E-state index is 6.00. The fourth-order valence-electron chi connectivity index (χ4n) is 3.47. The molecule has 0 fully saturated rings. The minimum atomic E-state index is 0.613. The highest BCUT2D eigenvalue weighted by molar-refractivity contribution is 5.98. The predicted molar refractivity (Wildman–Crippen MR) is 107 cm³/mol. The molecule has 3 aromatic heterocycles. The minimum Gasteiger partial charge on any atom is -0.487 e. The number of nitrogens with zero attached hydrogens (tertiary/aromatic N) is 3. The van der Waals surface area contributed by atoms with Crippen LogP contribution in [0, 0.1) is 6.92 Å². The zero-order valence-corrected chi connectivity index (χ0v) is 14.9. The van der Waals surface area contributed by atoms with Crippen LogP contribution in [-0.2, 0) is 0 Å². The van der Waals surface area contributed by atoms with Crippen LogP contribution in [0.15, 0.2) is 60.9 Å².